The molecule has 0 N–H and O–H groups in total. The second-order valence-electron chi connectivity index (χ2n) is 8.42. The smallest absolute Gasteiger partial charge is 0.257 e. The van der Waals surface area contributed by atoms with Crippen molar-refractivity contribution in [2.75, 3.05) is 39.3 Å². The molecule has 2 aliphatic heterocycles. The molecule has 4 rings (SSSR count). The number of hydrogen-bond donors (Lipinski definition) is 0. The Morgan fingerprint density at radius 1 is 1.23 bits per heavy atom. The van der Waals surface area contributed by atoms with Gasteiger partial charge >= 0.3 is 0 Å². The topological polar surface area (TPSA) is 65.7 Å². The van der Waals surface area contributed by atoms with Crippen molar-refractivity contribution in [2.45, 2.75) is 58.0 Å². The number of thiophene rings is 1. The molecule has 164 valence electrons. The molecule has 0 saturated carbocycles. The summed E-state index contributed by atoms with van der Waals surface area (Å²) in [4.78, 5) is 21.0. The summed E-state index contributed by atoms with van der Waals surface area (Å²) >= 11 is 1.57. The molecule has 2 aromatic rings. The summed E-state index contributed by atoms with van der Waals surface area (Å²) in [6.45, 7) is 8.23. The summed E-state index contributed by atoms with van der Waals surface area (Å²) in [6.07, 6.45) is 7.29. The quantitative estimate of drug-likeness (QED) is 0.606. The van der Waals surface area contributed by atoms with E-state index in [4.69, 9.17) is 4.42 Å². The maximum absolute atomic E-state index is 13.1. The van der Waals surface area contributed by atoms with Gasteiger partial charge < -0.3 is 14.2 Å². The molecular weight excluding hydrogens is 398 g/mol. The van der Waals surface area contributed by atoms with Crippen molar-refractivity contribution in [1.29, 1.82) is 0 Å². The summed E-state index contributed by atoms with van der Waals surface area (Å²) in [5.74, 6) is 1.20. The fourth-order valence-corrected chi connectivity index (χ4v) is 5.21. The van der Waals surface area contributed by atoms with Crippen LogP contribution in [0.15, 0.2) is 21.9 Å². The van der Waals surface area contributed by atoms with Gasteiger partial charge in [0.05, 0.1) is 18.0 Å². The number of amides is 1. The zero-order valence-electron chi connectivity index (χ0n) is 18.0. The zero-order chi connectivity index (χ0) is 20.8. The highest BCUT2D eigenvalue weighted by atomic mass is 32.1. The first kappa shape index (κ1) is 21.5. The van der Waals surface area contributed by atoms with Crippen LogP contribution < -0.4 is 0 Å². The Labute approximate surface area is 183 Å². The van der Waals surface area contributed by atoms with Gasteiger partial charge in [-0.2, -0.15) is 0 Å². The van der Waals surface area contributed by atoms with Crippen LogP contribution in [0.25, 0.3) is 10.8 Å². The van der Waals surface area contributed by atoms with E-state index in [0.29, 0.717) is 37.5 Å². The fraction of sp³-hybridized carbons (Fsp3) is 0.682. The zero-order valence-corrected chi connectivity index (χ0v) is 18.8. The Balaban J connectivity index is 1.34. The van der Waals surface area contributed by atoms with Crippen LogP contribution in [-0.2, 0) is 11.3 Å². The number of likely N-dealkylation sites (tertiary alicyclic amines) is 2. The van der Waals surface area contributed by atoms with Crippen LogP contribution in [0.4, 0.5) is 0 Å². The van der Waals surface area contributed by atoms with Crippen LogP contribution in [0.5, 0.6) is 0 Å². The largest absolute Gasteiger partial charge is 0.418 e. The first-order valence-electron chi connectivity index (χ1n) is 11.3. The predicted molar refractivity (Wildman–Crippen MR) is 118 cm³/mol. The average molecular weight is 432 g/mol. The maximum atomic E-state index is 13.1. The van der Waals surface area contributed by atoms with Crippen LogP contribution in [0.3, 0.4) is 0 Å². The minimum atomic E-state index is 0.165. The van der Waals surface area contributed by atoms with Gasteiger partial charge in [-0.05, 0) is 63.2 Å². The highest BCUT2D eigenvalue weighted by Gasteiger charge is 2.30. The first-order valence-corrected chi connectivity index (χ1v) is 12.2. The van der Waals surface area contributed by atoms with Gasteiger partial charge in [0, 0.05) is 19.1 Å². The number of carbonyl (C=O) groups excluding carboxylic acids is 1. The predicted octanol–water partition coefficient (Wildman–Crippen LogP) is 3.49. The lowest BCUT2D eigenvalue weighted by atomic mass is 10.1. The van der Waals surface area contributed by atoms with Crippen molar-refractivity contribution in [2.24, 2.45) is 0 Å². The Morgan fingerprint density at radius 2 is 2.10 bits per heavy atom. The molecule has 4 heterocycles. The van der Waals surface area contributed by atoms with E-state index < -0.39 is 0 Å². The summed E-state index contributed by atoms with van der Waals surface area (Å²) in [5.41, 5.74) is 0. The summed E-state index contributed by atoms with van der Waals surface area (Å²) in [6, 6.07) is 4.43. The van der Waals surface area contributed by atoms with E-state index in [9.17, 15) is 4.79 Å². The van der Waals surface area contributed by atoms with E-state index in [1.165, 1.54) is 45.2 Å². The molecule has 1 unspecified atom stereocenters. The van der Waals surface area contributed by atoms with Gasteiger partial charge in [0.2, 0.25) is 11.8 Å². The fourth-order valence-electron chi connectivity index (χ4n) is 4.57. The number of rotatable bonds is 9. The van der Waals surface area contributed by atoms with Crippen molar-refractivity contribution in [3.8, 4) is 10.8 Å². The summed E-state index contributed by atoms with van der Waals surface area (Å²) in [7, 11) is 0. The Kier molecular flexibility index (Phi) is 7.52. The van der Waals surface area contributed by atoms with E-state index in [1.54, 1.807) is 11.3 Å². The molecule has 0 radical (unpaired) electrons. The van der Waals surface area contributed by atoms with Crippen LogP contribution >= 0.6 is 11.3 Å². The monoisotopic (exact) mass is 431 g/mol. The number of hydrogen-bond acceptors (Lipinski definition) is 7. The highest BCUT2D eigenvalue weighted by molar-refractivity contribution is 7.13. The van der Waals surface area contributed by atoms with E-state index in [2.05, 4.69) is 26.9 Å². The van der Waals surface area contributed by atoms with Gasteiger partial charge in [0.25, 0.3) is 5.89 Å². The minimum absolute atomic E-state index is 0.165. The second kappa shape index (κ2) is 10.5. The molecule has 2 fully saturated rings. The molecule has 2 saturated heterocycles. The van der Waals surface area contributed by atoms with Crippen LogP contribution in [0.1, 0.15) is 51.3 Å². The number of piperidine rings is 1. The lowest BCUT2D eigenvalue weighted by Gasteiger charge is -2.33. The van der Waals surface area contributed by atoms with E-state index in [0.717, 1.165) is 24.4 Å². The molecular formula is C22H33N5O2S. The standard InChI is InChI=1S/C22H33N5O2S/c1-2-10-27(16-20-23-24-22(29-20)19-9-7-14-30-19)21(28)17-26-13-6-8-18(26)15-25-11-4-3-5-12-25/h7,9,14,18H,2-6,8,10-13,15-17H2,1H3. The first-order chi connectivity index (χ1) is 14.7. The number of nitrogens with zero attached hydrogens (tertiary/aromatic N) is 5. The Morgan fingerprint density at radius 3 is 2.87 bits per heavy atom. The molecule has 0 spiro atoms. The number of aromatic nitrogens is 2. The maximum Gasteiger partial charge on any atom is 0.257 e. The van der Waals surface area contributed by atoms with Gasteiger partial charge in [0.15, 0.2) is 0 Å². The summed E-state index contributed by atoms with van der Waals surface area (Å²) in [5, 5.41) is 10.3. The van der Waals surface area contributed by atoms with Crippen LogP contribution in [0.2, 0.25) is 0 Å². The van der Waals surface area contributed by atoms with E-state index in [-0.39, 0.29) is 5.91 Å². The molecule has 7 nitrogen and oxygen atoms in total. The number of carbonyl (C=O) groups is 1. The van der Waals surface area contributed by atoms with Crippen LogP contribution in [-0.4, -0.2) is 76.1 Å². The van der Waals surface area contributed by atoms with Gasteiger partial charge in [-0.3, -0.25) is 9.69 Å². The lowest BCUT2D eigenvalue weighted by molar-refractivity contribution is -0.133. The molecule has 2 aliphatic rings. The molecule has 0 aromatic carbocycles. The molecule has 0 aliphatic carbocycles. The molecule has 8 heteroatoms. The summed E-state index contributed by atoms with van der Waals surface area (Å²) < 4.78 is 5.82. The minimum Gasteiger partial charge on any atom is -0.418 e. The highest BCUT2D eigenvalue weighted by Crippen LogP contribution is 2.24. The normalized spacial score (nSPS) is 20.6. The van der Waals surface area contributed by atoms with Gasteiger partial charge in [-0.15, -0.1) is 21.5 Å². The molecule has 1 amide bonds. The van der Waals surface area contributed by atoms with Crippen LogP contribution in [0, 0.1) is 0 Å². The Hall–Kier alpha value is -1.77. The van der Waals surface area contributed by atoms with Crippen molar-refractivity contribution in [3.05, 3.63) is 23.4 Å². The van der Waals surface area contributed by atoms with E-state index in [1.807, 2.05) is 22.4 Å². The van der Waals surface area contributed by atoms with Gasteiger partial charge in [0.1, 0.15) is 0 Å². The van der Waals surface area contributed by atoms with Crippen molar-refractivity contribution < 1.29 is 9.21 Å². The van der Waals surface area contributed by atoms with Gasteiger partial charge in [-0.1, -0.05) is 19.4 Å². The Bertz CT molecular complexity index is 787. The van der Waals surface area contributed by atoms with Crippen molar-refractivity contribution in [1.82, 2.24) is 24.9 Å². The van der Waals surface area contributed by atoms with E-state index >= 15 is 0 Å². The second-order valence-corrected chi connectivity index (χ2v) is 9.37. The lowest BCUT2D eigenvalue weighted by Crippen LogP contribution is -2.46. The molecule has 30 heavy (non-hydrogen) atoms. The third kappa shape index (κ3) is 5.47. The molecule has 1 atom stereocenters. The third-order valence-corrected chi connectivity index (χ3v) is 6.98. The SMILES string of the molecule is CCCN(Cc1nnc(-c2cccs2)o1)C(=O)CN1CCCC1CN1CCCCC1. The van der Waals surface area contributed by atoms with Gasteiger partial charge in [-0.25, -0.2) is 0 Å². The molecule has 0 bridgehead atoms. The third-order valence-electron chi connectivity index (χ3n) is 6.13. The van der Waals surface area contributed by atoms with Crippen molar-refractivity contribution >= 4 is 17.2 Å². The average Bonchev–Trinajstić information content (AvgIpc) is 3.51. The molecule has 2 aromatic heterocycles. The van der Waals surface area contributed by atoms with Crippen molar-refractivity contribution in [3.63, 3.8) is 0 Å².